The Morgan fingerprint density at radius 3 is 2.54 bits per heavy atom. The summed E-state index contributed by atoms with van der Waals surface area (Å²) in [6, 6.07) is 6.83. The molecule has 1 aliphatic heterocycles. The lowest BCUT2D eigenvalue weighted by atomic mass is 10.2. The first kappa shape index (κ1) is 16.5. The Morgan fingerprint density at radius 1 is 1.12 bits per heavy atom. The molecule has 1 aromatic carbocycles. The second-order valence-electron chi connectivity index (χ2n) is 5.88. The van der Waals surface area contributed by atoms with Gasteiger partial charge in [0.25, 0.3) is 5.91 Å². The van der Waals surface area contributed by atoms with E-state index < -0.39 is 11.6 Å². The number of halogens is 2. The molecule has 1 amide bonds. The van der Waals surface area contributed by atoms with Gasteiger partial charge in [-0.05, 0) is 24.3 Å². The fourth-order valence-electron chi connectivity index (χ4n) is 2.98. The third kappa shape index (κ3) is 2.88. The molecule has 4 rings (SSSR count). The van der Waals surface area contributed by atoms with E-state index in [1.807, 2.05) is 0 Å². The molecule has 1 saturated heterocycles. The molecule has 2 aromatic heterocycles. The lowest BCUT2D eigenvalue weighted by Gasteiger charge is -2.26. The number of carbonyl (C=O) groups is 1. The van der Waals surface area contributed by atoms with Crippen molar-refractivity contribution < 1.29 is 18.3 Å². The Labute approximate surface area is 148 Å². The third-order valence-corrected chi connectivity index (χ3v) is 4.26. The van der Waals surface area contributed by atoms with Crippen LogP contribution in [-0.4, -0.2) is 51.5 Å². The number of aromatic nitrogens is 3. The van der Waals surface area contributed by atoms with Gasteiger partial charge in [-0.15, -0.1) is 0 Å². The average molecular weight is 358 g/mol. The summed E-state index contributed by atoms with van der Waals surface area (Å²) < 4.78 is 35.8. The SMILES string of the molecule is O=C(c1cnn(-c2ccc(F)cc2F)c1-n1cccc1)N1CCOCC1. The fourth-order valence-corrected chi connectivity index (χ4v) is 2.98. The third-order valence-electron chi connectivity index (χ3n) is 4.26. The summed E-state index contributed by atoms with van der Waals surface area (Å²) in [6.07, 6.45) is 4.89. The number of hydrogen-bond acceptors (Lipinski definition) is 3. The molecule has 0 spiro atoms. The van der Waals surface area contributed by atoms with Crippen molar-refractivity contribution in [2.24, 2.45) is 0 Å². The molecule has 0 atom stereocenters. The number of benzene rings is 1. The number of ether oxygens (including phenoxy) is 1. The molecule has 0 bridgehead atoms. The maximum absolute atomic E-state index is 14.3. The smallest absolute Gasteiger partial charge is 0.259 e. The molecule has 8 heteroatoms. The minimum Gasteiger partial charge on any atom is -0.378 e. The molecule has 0 saturated carbocycles. The highest BCUT2D eigenvalue weighted by molar-refractivity contribution is 5.97. The molecule has 134 valence electrons. The Morgan fingerprint density at radius 2 is 1.85 bits per heavy atom. The van der Waals surface area contributed by atoms with Gasteiger partial charge in [-0.3, -0.25) is 4.79 Å². The number of morpholine rings is 1. The van der Waals surface area contributed by atoms with E-state index >= 15 is 0 Å². The van der Waals surface area contributed by atoms with Crippen molar-refractivity contribution in [1.29, 1.82) is 0 Å². The van der Waals surface area contributed by atoms with Crippen LogP contribution in [0.25, 0.3) is 11.5 Å². The molecule has 0 unspecified atom stereocenters. The summed E-state index contributed by atoms with van der Waals surface area (Å²) >= 11 is 0. The summed E-state index contributed by atoms with van der Waals surface area (Å²) in [4.78, 5) is 14.6. The number of rotatable bonds is 3. The molecule has 0 aliphatic carbocycles. The second-order valence-corrected chi connectivity index (χ2v) is 5.88. The monoisotopic (exact) mass is 358 g/mol. The predicted molar refractivity (Wildman–Crippen MR) is 89.5 cm³/mol. The van der Waals surface area contributed by atoms with Gasteiger partial charge in [0, 0.05) is 31.5 Å². The average Bonchev–Trinajstić information content (AvgIpc) is 3.31. The van der Waals surface area contributed by atoms with Crippen LogP contribution in [0.1, 0.15) is 10.4 Å². The van der Waals surface area contributed by atoms with Crippen LogP contribution >= 0.6 is 0 Å². The Balaban J connectivity index is 1.83. The van der Waals surface area contributed by atoms with Crippen LogP contribution < -0.4 is 0 Å². The maximum atomic E-state index is 14.3. The van der Waals surface area contributed by atoms with Crippen LogP contribution in [-0.2, 0) is 4.74 Å². The molecule has 1 fully saturated rings. The van der Waals surface area contributed by atoms with Crippen LogP contribution in [0, 0.1) is 11.6 Å². The van der Waals surface area contributed by atoms with E-state index in [2.05, 4.69) is 5.10 Å². The van der Waals surface area contributed by atoms with Gasteiger partial charge in [-0.2, -0.15) is 5.10 Å². The maximum Gasteiger partial charge on any atom is 0.259 e. The lowest BCUT2D eigenvalue weighted by molar-refractivity contribution is 0.0303. The van der Waals surface area contributed by atoms with Crippen molar-refractivity contribution in [3.8, 4) is 11.5 Å². The first-order valence-corrected chi connectivity index (χ1v) is 8.19. The minimum atomic E-state index is -0.758. The highest BCUT2D eigenvalue weighted by Crippen LogP contribution is 2.23. The summed E-state index contributed by atoms with van der Waals surface area (Å²) in [6.45, 7) is 1.93. The summed E-state index contributed by atoms with van der Waals surface area (Å²) in [5.41, 5.74) is 0.406. The first-order valence-electron chi connectivity index (χ1n) is 8.19. The fraction of sp³-hybridized carbons (Fsp3) is 0.222. The molecule has 0 N–H and O–H groups in total. The molecular formula is C18H16F2N4O2. The number of nitrogens with zero attached hydrogens (tertiary/aromatic N) is 4. The number of carbonyl (C=O) groups excluding carboxylic acids is 1. The second kappa shape index (κ2) is 6.72. The molecule has 3 heterocycles. The quantitative estimate of drug-likeness (QED) is 0.723. The largest absolute Gasteiger partial charge is 0.378 e. The molecule has 26 heavy (non-hydrogen) atoms. The van der Waals surface area contributed by atoms with Gasteiger partial charge >= 0.3 is 0 Å². The normalized spacial score (nSPS) is 14.6. The topological polar surface area (TPSA) is 52.3 Å². The molecular weight excluding hydrogens is 342 g/mol. The number of hydrogen-bond donors (Lipinski definition) is 0. The lowest BCUT2D eigenvalue weighted by Crippen LogP contribution is -2.40. The summed E-state index contributed by atoms with van der Waals surface area (Å²) in [5, 5.41) is 4.20. The van der Waals surface area contributed by atoms with Crippen molar-refractivity contribution >= 4 is 5.91 Å². The van der Waals surface area contributed by atoms with Gasteiger partial charge < -0.3 is 14.2 Å². The van der Waals surface area contributed by atoms with E-state index in [4.69, 9.17) is 4.74 Å². The van der Waals surface area contributed by atoms with E-state index in [-0.39, 0.29) is 11.6 Å². The van der Waals surface area contributed by atoms with E-state index in [0.29, 0.717) is 37.7 Å². The van der Waals surface area contributed by atoms with Crippen LogP contribution in [0.2, 0.25) is 0 Å². The van der Waals surface area contributed by atoms with Gasteiger partial charge in [0.15, 0.2) is 11.6 Å². The molecule has 6 nitrogen and oxygen atoms in total. The zero-order valence-corrected chi connectivity index (χ0v) is 13.8. The van der Waals surface area contributed by atoms with E-state index in [9.17, 15) is 13.6 Å². The standard InChI is InChI=1S/C18H16F2N4O2/c19-13-3-4-16(15(20)11-13)24-17(22-5-1-2-6-22)14(12-21-24)18(25)23-7-9-26-10-8-23/h1-6,11-12H,7-10H2. The molecule has 1 aliphatic rings. The van der Waals surface area contributed by atoms with Crippen molar-refractivity contribution in [2.45, 2.75) is 0 Å². The van der Waals surface area contributed by atoms with Crippen LogP contribution in [0.15, 0.2) is 48.9 Å². The Kier molecular flexibility index (Phi) is 4.26. The molecule has 0 radical (unpaired) electrons. The first-order chi connectivity index (χ1) is 12.6. The molecule has 3 aromatic rings. The van der Waals surface area contributed by atoms with Crippen molar-refractivity contribution in [3.63, 3.8) is 0 Å². The Bertz CT molecular complexity index is 931. The van der Waals surface area contributed by atoms with E-state index in [1.165, 1.54) is 16.9 Å². The van der Waals surface area contributed by atoms with E-state index in [1.54, 1.807) is 34.0 Å². The highest BCUT2D eigenvalue weighted by Gasteiger charge is 2.26. The van der Waals surface area contributed by atoms with Crippen molar-refractivity contribution in [1.82, 2.24) is 19.2 Å². The predicted octanol–water partition coefficient (Wildman–Crippen LogP) is 2.41. The minimum absolute atomic E-state index is 0.0659. The van der Waals surface area contributed by atoms with Crippen LogP contribution in [0.3, 0.4) is 0 Å². The van der Waals surface area contributed by atoms with Crippen molar-refractivity contribution in [3.05, 3.63) is 66.1 Å². The zero-order chi connectivity index (χ0) is 18.1. The van der Waals surface area contributed by atoms with Gasteiger partial charge in [-0.25, -0.2) is 13.5 Å². The zero-order valence-electron chi connectivity index (χ0n) is 13.8. The van der Waals surface area contributed by atoms with Gasteiger partial charge in [0.2, 0.25) is 0 Å². The van der Waals surface area contributed by atoms with Gasteiger partial charge in [0.1, 0.15) is 17.1 Å². The number of amides is 1. The van der Waals surface area contributed by atoms with Crippen LogP contribution in [0.4, 0.5) is 8.78 Å². The van der Waals surface area contributed by atoms with Crippen LogP contribution in [0.5, 0.6) is 0 Å². The van der Waals surface area contributed by atoms with Crippen molar-refractivity contribution in [2.75, 3.05) is 26.3 Å². The summed E-state index contributed by atoms with van der Waals surface area (Å²) in [7, 11) is 0. The van der Waals surface area contributed by atoms with Gasteiger partial charge in [0.05, 0.1) is 19.4 Å². The summed E-state index contributed by atoms with van der Waals surface area (Å²) in [5.74, 6) is -1.24. The van der Waals surface area contributed by atoms with E-state index in [0.717, 1.165) is 12.1 Å². The Hall–Kier alpha value is -3.00. The highest BCUT2D eigenvalue weighted by atomic mass is 19.1. The van der Waals surface area contributed by atoms with Gasteiger partial charge in [-0.1, -0.05) is 0 Å².